The molecular formula is C10H11NO3. The minimum Gasteiger partial charge on any atom is -0.550 e. The van der Waals surface area contributed by atoms with Gasteiger partial charge >= 0.3 is 0 Å². The fourth-order valence-electron chi connectivity index (χ4n) is 1.99. The van der Waals surface area contributed by atoms with Crippen molar-refractivity contribution < 1.29 is 20.0 Å². The van der Waals surface area contributed by atoms with E-state index in [4.69, 9.17) is 0 Å². The second-order valence-electron chi connectivity index (χ2n) is 3.84. The SMILES string of the molecule is O=C1C=CC2(C=C1)CC(C(=O)[O-])C[NH2+]2. The predicted molar refractivity (Wildman–Crippen MR) is 45.9 cm³/mol. The summed E-state index contributed by atoms with van der Waals surface area (Å²) in [6.07, 6.45) is 7.05. The van der Waals surface area contributed by atoms with Gasteiger partial charge in [0.15, 0.2) is 5.78 Å². The van der Waals surface area contributed by atoms with Gasteiger partial charge < -0.3 is 15.2 Å². The molecule has 2 N–H and O–H groups in total. The smallest absolute Gasteiger partial charge is 0.178 e. The quantitative estimate of drug-likeness (QED) is 0.511. The van der Waals surface area contributed by atoms with E-state index in [1.54, 1.807) is 12.2 Å². The number of carboxylic acid groups (broad SMARTS) is 1. The van der Waals surface area contributed by atoms with Crippen LogP contribution in [0.1, 0.15) is 6.42 Å². The summed E-state index contributed by atoms with van der Waals surface area (Å²) in [5.41, 5.74) is -0.321. The van der Waals surface area contributed by atoms with E-state index in [9.17, 15) is 14.7 Å². The third-order valence-corrected chi connectivity index (χ3v) is 2.83. The number of hydrogen-bond acceptors (Lipinski definition) is 3. The van der Waals surface area contributed by atoms with Gasteiger partial charge in [0, 0.05) is 6.42 Å². The van der Waals surface area contributed by atoms with E-state index in [2.05, 4.69) is 0 Å². The minimum absolute atomic E-state index is 0.0408. The number of allylic oxidation sites excluding steroid dienone is 2. The molecule has 0 radical (unpaired) electrons. The van der Waals surface area contributed by atoms with Crippen LogP contribution in [0.2, 0.25) is 0 Å². The molecule has 14 heavy (non-hydrogen) atoms. The third-order valence-electron chi connectivity index (χ3n) is 2.83. The second kappa shape index (κ2) is 3.06. The highest BCUT2D eigenvalue weighted by Crippen LogP contribution is 2.22. The van der Waals surface area contributed by atoms with Crippen LogP contribution >= 0.6 is 0 Å². The van der Waals surface area contributed by atoms with Gasteiger partial charge in [0.2, 0.25) is 0 Å². The molecule has 1 aliphatic carbocycles. The summed E-state index contributed by atoms with van der Waals surface area (Å²) in [6, 6.07) is 0. The highest BCUT2D eigenvalue weighted by atomic mass is 16.4. The maximum absolute atomic E-state index is 10.9. The fraction of sp³-hybridized carbons (Fsp3) is 0.400. The van der Waals surface area contributed by atoms with Gasteiger partial charge in [-0.2, -0.15) is 0 Å². The highest BCUT2D eigenvalue weighted by molar-refractivity contribution is 6.00. The Morgan fingerprint density at radius 1 is 1.50 bits per heavy atom. The van der Waals surface area contributed by atoms with Crippen molar-refractivity contribution in [2.45, 2.75) is 12.0 Å². The van der Waals surface area contributed by atoms with Crippen LogP contribution in [0.4, 0.5) is 0 Å². The molecule has 0 aromatic heterocycles. The molecule has 1 unspecified atom stereocenters. The van der Waals surface area contributed by atoms with Crippen molar-refractivity contribution in [3.63, 3.8) is 0 Å². The molecule has 1 aliphatic heterocycles. The van der Waals surface area contributed by atoms with Crippen LogP contribution in [-0.2, 0) is 9.59 Å². The first-order valence-electron chi connectivity index (χ1n) is 4.59. The number of hydrogen-bond donors (Lipinski definition) is 1. The topological polar surface area (TPSA) is 73.8 Å². The summed E-state index contributed by atoms with van der Waals surface area (Å²) in [5.74, 6) is -1.46. The van der Waals surface area contributed by atoms with Crippen LogP contribution in [0, 0.1) is 5.92 Å². The van der Waals surface area contributed by atoms with Crippen molar-refractivity contribution in [1.82, 2.24) is 0 Å². The summed E-state index contributed by atoms with van der Waals surface area (Å²) in [4.78, 5) is 21.5. The first kappa shape index (κ1) is 9.15. The molecule has 0 aromatic carbocycles. The molecule has 0 bridgehead atoms. The second-order valence-corrected chi connectivity index (χ2v) is 3.84. The molecular weight excluding hydrogens is 182 g/mol. The van der Waals surface area contributed by atoms with Gasteiger partial charge in [-0.25, -0.2) is 0 Å². The zero-order valence-corrected chi connectivity index (χ0v) is 7.60. The molecule has 0 amide bonds. The van der Waals surface area contributed by atoms with Gasteiger partial charge in [0.05, 0.1) is 18.4 Å². The lowest BCUT2D eigenvalue weighted by Crippen LogP contribution is -2.92. The lowest BCUT2D eigenvalue weighted by atomic mass is 9.89. The van der Waals surface area contributed by atoms with Gasteiger partial charge in [0.1, 0.15) is 5.54 Å². The van der Waals surface area contributed by atoms with E-state index >= 15 is 0 Å². The van der Waals surface area contributed by atoms with Gasteiger partial charge in [-0.15, -0.1) is 0 Å². The molecule has 1 spiro atoms. The number of carbonyl (C=O) groups excluding carboxylic acids is 2. The zero-order valence-electron chi connectivity index (χ0n) is 7.60. The monoisotopic (exact) mass is 193 g/mol. The van der Waals surface area contributed by atoms with E-state index < -0.39 is 11.9 Å². The van der Waals surface area contributed by atoms with Crippen LogP contribution in [0.15, 0.2) is 24.3 Å². The average Bonchev–Trinajstić information content (AvgIpc) is 2.56. The van der Waals surface area contributed by atoms with Crippen molar-refractivity contribution >= 4 is 11.8 Å². The summed E-state index contributed by atoms with van der Waals surface area (Å²) in [6.45, 7) is 0.519. The van der Waals surface area contributed by atoms with Crippen LogP contribution < -0.4 is 10.4 Å². The Morgan fingerprint density at radius 3 is 2.64 bits per heavy atom. The highest BCUT2D eigenvalue weighted by Gasteiger charge is 2.40. The van der Waals surface area contributed by atoms with E-state index in [0.717, 1.165) is 0 Å². The van der Waals surface area contributed by atoms with E-state index in [1.807, 2.05) is 5.32 Å². The number of rotatable bonds is 1. The van der Waals surface area contributed by atoms with Gasteiger partial charge in [-0.3, -0.25) is 4.79 Å². The fourth-order valence-corrected chi connectivity index (χ4v) is 1.99. The molecule has 4 heteroatoms. The number of aliphatic carboxylic acids is 1. The summed E-state index contributed by atoms with van der Waals surface area (Å²) in [7, 11) is 0. The molecule has 0 saturated carbocycles. The molecule has 1 atom stereocenters. The van der Waals surface area contributed by atoms with Crippen molar-refractivity contribution in [3.05, 3.63) is 24.3 Å². The predicted octanol–water partition coefficient (Wildman–Crippen LogP) is -2.25. The number of ketones is 1. The zero-order chi connectivity index (χ0) is 10.2. The molecule has 2 rings (SSSR count). The van der Waals surface area contributed by atoms with E-state index in [0.29, 0.717) is 13.0 Å². The van der Waals surface area contributed by atoms with E-state index in [-0.39, 0.29) is 11.3 Å². The molecule has 74 valence electrons. The number of carbonyl (C=O) groups is 2. The maximum atomic E-state index is 10.9. The number of nitrogens with two attached hydrogens (primary N) is 1. The standard InChI is InChI=1S/C10H11NO3/c12-8-1-3-10(4-2-8)5-7(6-11-10)9(13)14/h1-4,7,11H,5-6H2,(H,13,14). The molecule has 2 aliphatic rings. The van der Waals surface area contributed by atoms with E-state index in [1.165, 1.54) is 12.2 Å². The molecule has 1 saturated heterocycles. The average molecular weight is 193 g/mol. The Bertz CT molecular complexity index is 327. The first-order valence-corrected chi connectivity index (χ1v) is 4.59. The largest absolute Gasteiger partial charge is 0.550 e. The van der Waals surface area contributed by atoms with Crippen LogP contribution in [0.5, 0.6) is 0 Å². The molecule has 4 nitrogen and oxygen atoms in total. The molecule has 1 heterocycles. The first-order chi connectivity index (χ1) is 6.61. The normalized spacial score (nSPS) is 28.6. The minimum atomic E-state index is -1.00. The van der Waals surface area contributed by atoms with Crippen molar-refractivity contribution in [3.8, 4) is 0 Å². The third kappa shape index (κ3) is 1.48. The summed E-state index contributed by atoms with van der Waals surface area (Å²) >= 11 is 0. The van der Waals surface area contributed by atoms with Crippen LogP contribution in [0.3, 0.4) is 0 Å². The van der Waals surface area contributed by atoms with Gasteiger partial charge in [0.25, 0.3) is 0 Å². The Balaban J connectivity index is 2.14. The molecule has 0 aromatic rings. The van der Waals surface area contributed by atoms with Crippen molar-refractivity contribution in [1.29, 1.82) is 0 Å². The summed E-state index contributed by atoms with van der Waals surface area (Å²) < 4.78 is 0. The maximum Gasteiger partial charge on any atom is 0.178 e. The number of carboxylic acids is 1. The van der Waals surface area contributed by atoms with Crippen molar-refractivity contribution in [2.24, 2.45) is 5.92 Å². The molecule has 1 fully saturated rings. The Morgan fingerprint density at radius 2 is 2.14 bits per heavy atom. The number of quaternary nitrogens is 1. The van der Waals surface area contributed by atoms with Crippen molar-refractivity contribution in [2.75, 3.05) is 6.54 Å². The van der Waals surface area contributed by atoms with Gasteiger partial charge in [-0.05, 0) is 24.3 Å². The Labute approximate surface area is 81.3 Å². The van der Waals surface area contributed by atoms with Crippen LogP contribution in [-0.4, -0.2) is 23.8 Å². The summed E-state index contributed by atoms with van der Waals surface area (Å²) in [5, 5.41) is 12.6. The van der Waals surface area contributed by atoms with Gasteiger partial charge in [-0.1, -0.05) is 0 Å². The van der Waals surface area contributed by atoms with Crippen LogP contribution in [0.25, 0.3) is 0 Å². The Kier molecular flexibility index (Phi) is 2.00. The lowest BCUT2D eigenvalue weighted by Gasteiger charge is -2.19. The lowest BCUT2D eigenvalue weighted by molar-refractivity contribution is -0.686. The Hall–Kier alpha value is -1.42.